The standard InChI is InChI=1S/C20H23N3O3S/c24-20(15-21-27(25,26)19-9-5-2-6-10-19)23-22-18-13-11-17(12-14-18)16-7-3-1-4-8-16/h1-10,17,21H,11-15H2,(H,23,24). The van der Waals surface area contributed by atoms with E-state index in [0.29, 0.717) is 5.92 Å². The lowest BCUT2D eigenvalue weighted by molar-refractivity contribution is -0.119. The first kappa shape index (κ1) is 19.3. The molecule has 0 atom stereocenters. The molecule has 0 unspecified atom stereocenters. The Kier molecular flexibility index (Phi) is 6.36. The molecule has 0 bridgehead atoms. The maximum Gasteiger partial charge on any atom is 0.255 e. The minimum absolute atomic E-state index is 0.128. The van der Waals surface area contributed by atoms with Gasteiger partial charge in [-0.05, 0) is 49.3 Å². The van der Waals surface area contributed by atoms with Crippen molar-refractivity contribution in [1.29, 1.82) is 0 Å². The van der Waals surface area contributed by atoms with Crippen LogP contribution < -0.4 is 10.1 Å². The van der Waals surface area contributed by atoms with Gasteiger partial charge in [0, 0.05) is 5.71 Å². The van der Waals surface area contributed by atoms with Crippen LogP contribution in [0.1, 0.15) is 37.2 Å². The highest BCUT2D eigenvalue weighted by atomic mass is 32.2. The number of benzene rings is 2. The second-order valence-corrected chi connectivity index (χ2v) is 8.30. The van der Waals surface area contributed by atoms with Crippen molar-refractivity contribution in [1.82, 2.24) is 10.1 Å². The lowest BCUT2D eigenvalue weighted by Crippen LogP contribution is -2.35. The van der Waals surface area contributed by atoms with Crippen LogP contribution in [0.3, 0.4) is 0 Å². The monoisotopic (exact) mass is 385 g/mol. The van der Waals surface area contributed by atoms with Crippen molar-refractivity contribution < 1.29 is 13.2 Å². The third kappa shape index (κ3) is 5.48. The fourth-order valence-corrected chi connectivity index (χ4v) is 4.15. The van der Waals surface area contributed by atoms with Crippen LogP contribution in [0.25, 0.3) is 0 Å². The van der Waals surface area contributed by atoms with E-state index in [4.69, 9.17) is 0 Å². The lowest BCUT2D eigenvalue weighted by atomic mass is 9.83. The Morgan fingerprint density at radius 2 is 1.56 bits per heavy atom. The number of carbonyl (C=O) groups is 1. The Bertz CT molecular complexity index is 887. The van der Waals surface area contributed by atoms with Gasteiger partial charge in [-0.3, -0.25) is 4.79 Å². The average molecular weight is 385 g/mol. The summed E-state index contributed by atoms with van der Waals surface area (Å²) in [5.74, 6) is 0.0470. The third-order valence-electron chi connectivity index (χ3n) is 4.65. The summed E-state index contributed by atoms with van der Waals surface area (Å²) in [6.07, 6.45) is 3.66. The molecule has 2 aromatic carbocycles. The topological polar surface area (TPSA) is 87.6 Å². The zero-order chi connectivity index (χ0) is 19.1. The molecule has 0 saturated heterocycles. The molecule has 0 aliphatic heterocycles. The van der Waals surface area contributed by atoms with Crippen molar-refractivity contribution in [3.8, 4) is 0 Å². The second-order valence-electron chi connectivity index (χ2n) is 6.54. The molecule has 1 aliphatic rings. The number of rotatable bonds is 6. The molecule has 0 spiro atoms. The molecule has 2 aromatic rings. The van der Waals surface area contributed by atoms with Crippen LogP contribution in [0, 0.1) is 0 Å². The molecule has 3 rings (SSSR count). The van der Waals surface area contributed by atoms with Gasteiger partial charge in [-0.2, -0.15) is 5.10 Å². The van der Waals surface area contributed by atoms with E-state index in [1.54, 1.807) is 18.2 Å². The van der Waals surface area contributed by atoms with Gasteiger partial charge in [-0.15, -0.1) is 0 Å². The second kappa shape index (κ2) is 8.92. The molecule has 0 aromatic heterocycles. The summed E-state index contributed by atoms with van der Waals surface area (Å²) in [7, 11) is -3.70. The van der Waals surface area contributed by atoms with Crippen LogP contribution in [-0.4, -0.2) is 26.6 Å². The van der Waals surface area contributed by atoms with Gasteiger partial charge in [0.1, 0.15) is 0 Å². The summed E-state index contributed by atoms with van der Waals surface area (Å²) in [5, 5.41) is 4.17. The van der Waals surface area contributed by atoms with Crippen LogP contribution in [0.2, 0.25) is 0 Å². The van der Waals surface area contributed by atoms with Crippen molar-refractivity contribution >= 4 is 21.6 Å². The Morgan fingerprint density at radius 1 is 0.963 bits per heavy atom. The number of nitrogens with one attached hydrogen (secondary N) is 2. The van der Waals surface area contributed by atoms with Crippen molar-refractivity contribution in [2.24, 2.45) is 5.10 Å². The predicted molar refractivity (Wildman–Crippen MR) is 105 cm³/mol. The highest BCUT2D eigenvalue weighted by Gasteiger charge is 2.19. The third-order valence-corrected chi connectivity index (χ3v) is 6.07. The van der Waals surface area contributed by atoms with E-state index in [1.165, 1.54) is 17.7 Å². The van der Waals surface area contributed by atoms with Crippen LogP contribution in [-0.2, 0) is 14.8 Å². The SMILES string of the molecule is O=C(CNS(=O)(=O)c1ccccc1)NN=C1CCC(c2ccccc2)CC1. The molecule has 2 N–H and O–H groups in total. The van der Waals surface area contributed by atoms with Crippen molar-refractivity contribution in [3.63, 3.8) is 0 Å². The highest BCUT2D eigenvalue weighted by Crippen LogP contribution is 2.31. The number of hydrogen-bond acceptors (Lipinski definition) is 4. The number of sulfonamides is 1. The van der Waals surface area contributed by atoms with E-state index >= 15 is 0 Å². The van der Waals surface area contributed by atoms with E-state index < -0.39 is 15.9 Å². The molecule has 0 radical (unpaired) electrons. The molecule has 1 aliphatic carbocycles. The average Bonchev–Trinajstić information content (AvgIpc) is 2.72. The smallest absolute Gasteiger partial charge is 0.255 e. The van der Waals surface area contributed by atoms with Crippen molar-refractivity contribution in [2.75, 3.05) is 6.54 Å². The van der Waals surface area contributed by atoms with Crippen molar-refractivity contribution in [2.45, 2.75) is 36.5 Å². The molecule has 1 fully saturated rings. The predicted octanol–water partition coefficient (Wildman–Crippen LogP) is 2.79. The van der Waals surface area contributed by atoms with Crippen molar-refractivity contribution in [3.05, 3.63) is 66.2 Å². The number of carbonyl (C=O) groups excluding carboxylic acids is 1. The van der Waals surface area contributed by atoms with Crippen LogP contribution >= 0.6 is 0 Å². The normalized spacial score (nSPS) is 17.3. The summed E-state index contributed by atoms with van der Waals surface area (Å²) in [4.78, 5) is 12.0. The van der Waals surface area contributed by atoms with E-state index in [1.807, 2.05) is 6.07 Å². The van der Waals surface area contributed by atoms with Gasteiger partial charge >= 0.3 is 0 Å². The Labute approximate surface area is 159 Å². The lowest BCUT2D eigenvalue weighted by Gasteiger charge is -2.23. The molecule has 1 amide bonds. The van der Waals surface area contributed by atoms with E-state index in [2.05, 4.69) is 39.5 Å². The highest BCUT2D eigenvalue weighted by molar-refractivity contribution is 7.89. The Hall–Kier alpha value is -2.51. The zero-order valence-corrected chi connectivity index (χ0v) is 15.8. The van der Waals surface area contributed by atoms with Gasteiger partial charge in [0.15, 0.2) is 0 Å². The molecular formula is C20H23N3O3S. The summed E-state index contributed by atoms with van der Waals surface area (Å²) < 4.78 is 26.5. The molecular weight excluding hydrogens is 362 g/mol. The van der Waals surface area contributed by atoms with Crippen LogP contribution in [0.4, 0.5) is 0 Å². The molecule has 7 heteroatoms. The fraction of sp³-hybridized carbons (Fsp3) is 0.300. The summed E-state index contributed by atoms with van der Waals surface area (Å²) in [5.41, 5.74) is 4.74. The minimum Gasteiger partial charge on any atom is -0.272 e. The fourth-order valence-electron chi connectivity index (χ4n) is 3.15. The van der Waals surface area contributed by atoms with Gasteiger partial charge in [0.25, 0.3) is 5.91 Å². The van der Waals surface area contributed by atoms with E-state index in [-0.39, 0.29) is 11.4 Å². The van der Waals surface area contributed by atoms with E-state index in [0.717, 1.165) is 31.4 Å². The van der Waals surface area contributed by atoms with Gasteiger partial charge in [-0.1, -0.05) is 48.5 Å². The molecule has 142 valence electrons. The molecule has 27 heavy (non-hydrogen) atoms. The molecule has 1 saturated carbocycles. The Balaban J connectivity index is 1.45. The van der Waals surface area contributed by atoms with Gasteiger partial charge in [0.2, 0.25) is 10.0 Å². The maximum atomic E-state index is 12.1. The first-order valence-corrected chi connectivity index (χ1v) is 10.5. The largest absolute Gasteiger partial charge is 0.272 e. The number of hydrazone groups is 1. The summed E-state index contributed by atoms with van der Waals surface area (Å²) in [6.45, 7) is -0.347. The van der Waals surface area contributed by atoms with Gasteiger partial charge < -0.3 is 0 Å². The van der Waals surface area contributed by atoms with E-state index in [9.17, 15) is 13.2 Å². The van der Waals surface area contributed by atoms with Gasteiger partial charge in [-0.25, -0.2) is 18.6 Å². The number of hydrogen-bond donors (Lipinski definition) is 2. The quantitative estimate of drug-likeness (QED) is 0.750. The van der Waals surface area contributed by atoms with Crippen LogP contribution in [0.5, 0.6) is 0 Å². The summed E-state index contributed by atoms with van der Waals surface area (Å²) >= 11 is 0. The first-order valence-electron chi connectivity index (χ1n) is 8.98. The molecule has 6 nitrogen and oxygen atoms in total. The maximum absolute atomic E-state index is 12.1. The zero-order valence-electron chi connectivity index (χ0n) is 15.0. The first-order chi connectivity index (χ1) is 13.0. The minimum atomic E-state index is -3.70. The Morgan fingerprint density at radius 3 is 2.19 bits per heavy atom. The number of nitrogens with zero attached hydrogens (tertiary/aromatic N) is 1. The molecule has 0 heterocycles. The number of amides is 1. The summed E-state index contributed by atoms with van der Waals surface area (Å²) in [6, 6.07) is 18.4. The van der Waals surface area contributed by atoms with Gasteiger partial charge in [0.05, 0.1) is 11.4 Å². The van der Waals surface area contributed by atoms with Crippen LogP contribution in [0.15, 0.2) is 70.7 Å².